The van der Waals surface area contributed by atoms with E-state index in [4.69, 9.17) is 4.99 Å². The lowest BCUT2D eigenvalue weighted by atomic mass is 10.1. The summed E-state index contributed by atoms with van der Waals surface area (Å²) in [5.74, 6) is 0.838. The van der Waals surface area contributed by atoms with E-state index in [0.717, 1.165) is 25.6 Å². The molecule has 0 aliphatic carbocycles. The van der Waals surface area contributed by atoms with E-state index in [1.165, 1.54) is 27.8 Å². The molecule has 0 fully saturated rings. The maximum Gasteiger partial charge on any atom is 0.191 e. The average Bonchev–Trinajstić information content (AvgIpc) is 3.19. The fourth-order valence-corrected chi connectivity index (χ4v) is 3.08. The molecule has 0 spiro atoms. The van der Waals surface area contributed by atoms with Gasteiger partial charge in [-0.2, -0.15) is 0 Å². The molecular weight excluding hydrogens is 473 g/mol. The smallest absolute Gasteiger partial charge is 0.191 e. The Morgan fingerprint density at radius 1 is 1.03 bits per heavy atom. The first-order valence-electron chi connectivity index (χ1n) is 9.76. The topological polar surface area (TPSA) is 54.2 Å². The van der Waals surface area contributed by atoms with Gasteiger partial charge in [-0.3, -0.25) is 0 Å². The number of nitrogens with zero attached hydrogens (tertiary/aromatic N) is 3. The van der Waals surface area contributed by atoms with E-state index >= 15 is 0 Å². The molecule has 2 N–H and O–H groups in total. The van der Waals surface area contributed by atoms with Crippen LogP contribution in [0, 0.1) is 13.8 Å². The number of halogens is 1. The highest BCUT2D eigenvalue weighted by Gasteiger charge is 2.02. The quantitative estimate of drug-likeness (QED) is 0.285. The lowest BCUT2D eigenvalue weighted by molar-refractivity contribution is 0.795. The summed E-state index contributed by atoms with van der Waals surface area (Å²) in [6, 6.07) is 15.1. The van der Waals surface area contributed by atoms with Gasteiger partial charge < -0.3 is 15.2 Å². The van der Waals surface area contributed by atoms with Crippen LogP contribution in [0.25, 0.3) is 0 Å². The first-order chi connectivity index (χ1) is 13.6. The molecule has 1 aromatic heterocycles. The first-order valence-corrected chi connectivity index (χ1v) is 9.76. The van der Waals surface area contributed by atoms with Gasteiger partial charge in [0.15, 0.2) is 5.96 Å². The Kier molecular flexibility index (Phi) is 9.18. The number of aliphatic imine (C=N–C) groups is 1. The third kappa shape index (κ3) is 7.20. The van der Waals surface area contributed by atoms with Crippen LogP contribution in [0.5, 0.6) is 0 Å². The second-order valence-electron chi connectivity index (χ2n) is 7.03. The molecule has 29 heavy (non-hydrogen) atoms. The van der Waals surface area contributed by atoms with Gasteiger partial charge >= 0.3 is 0 Å². The van der Waals surface area contributed by atoms with Crippen molar-refractivity contribution in [3.63, 3.8) is 0 Å². The zero-order valence-corrected chi connectivity index (χ0v) is 19.7. The van der Waals surface area contributed by atoms with Crippen LogP contribution < -0.4 is 10.6 Å². The molecule has 154 valence electrons. The van der Waals surface area contributed by atoms with Crippen LogP contribution in [0.4, 0.5) is 0 Å². The van der Waals surface area contributed by atoms with Gasteiger partial charge in [-0.25, -0.2) is 9.98 Å². The third-order valence-corrected chi connectivity index (χ3v) is 4.66. The van der Waals surface area contributed by atoms with Crippen molar-refractivity contribution in [1.29, 1.82) is 0 Å². The van der Waals surface area contributed by atoms with Gasteiger partial charge in [0.1, 0.15) is 0 Å². The van der Waals surface area contributed by atoms with E-state index < -0.39 is 0 Å². The number of guanidine groups is 1. The molecular formula is C23H30IN5. The molecule has 3 aromatic rings. The number of benzene rings is 2. The van der Waals surface area contributed by atoms with Crippen LogP contribution in [0.2, 0.25) is 0 Å². The predicted octanol–water partition coefficient (Wildman–Crippen LogP) is 4.42. The van der Waals surface area contributed by atoms with E-state index in [-0.39, 0.29) is 24.0 Å². The van der Waals surface area contributed by atoms with Gasteiger partial charge in [0.2, 0.25) is 0 Å². The largest absolute Gasteiger partial charge is 0.357 e. The molecule has 0 aliphatic heterocycles. The lowest BCUT2D eigenvalue weighted by Crippen LogP contribution is -2.36. The fraction of sp³-hybridized carbons (Fsp3) is 0.304. The molecule has 3 rings (SSSR count). The molecule has 2 aromatic carbocycles. The summed E-state index contributed by atoms with van der Waals surface area (Å²) in [6.07, 6.45) is 5.61. The number of hydrogen-bond donors (Lipinski definition) is 2. The zero-order valence-electron chi connectivity index (χ0n) is 17.4. The van der Waals surface area contributed by atoms with Gasteiger partial charge in [0, 0.05) is 32.0 Å². The van der Waals surface area contributed by atoms with E-state index in [9.17, 15) is 0 Å². The summed E-state index contributed by atoms with van der Waals surface area (Å²) >= 11 is 0. The summed E-state index contributed by atoms with van der Waals surface area (Å²) in [5.41, 5.74) is 6.33. The van der Waals surface area contributed by atoms with Crippen molar-refractivity contribution in [1.82, 2.24) is 20.2 Å². The molecule has 6 heteroatoms. The highest BCUT2D eigenvalue weighted by molar-refractivity contribution is 14.0. The van der Waals surface area contributed by atoms with Gasteiger partial charge in [-0.1, -0.05) is 48.0 Å². The summed E-state index contributed by atoms with van der Waals surface area (Å²) < 4.78 is 2.06. The highest BCUT2D eigenvalue weighted by atomic mass is 127. The Bertz CT molecular complexity index is 902. The molecule has 0 unspecified atom stereocenters. The highest BCUT2D eigenvalue weighted by Crippen LogP contribution is 2.10. The summed E-state index contributed by atoms with van der Waals surface area (Å²) in [6.45, 7) is 9.44. The molecule has 0 saturated carbocycles. The molecule has 0 amide bonds. The minimum Gasteiger partial charge on any atom is -0.357 e. The number of hydrogen-bond acceptors (Lipinski definition) is 2. The van der Waals surface area contributed by atoms with Gasteiger partial charge in [-0.15, -0.1) is 24.0 Å². The Hall–Kier alpha value is -2.35. The van der Waals surface area contributed by atoms with E-state index in [1.807, 2.05) is 12.5 Å². The third-order valence-electron chi connectivity index (χ3n) is 4.66. The summed E-state index contributed by atoms with van der Waals surface area (Å²) in [4.78, 5) is 8.81. The van der Waals surface area contributed by atoms with Gasteiger partial charge in [0.25, 0.3) is 0 Å². The molecule has 0 radical (unpaired) electrons. The van der Waals surface area contributed by atoms with E-state index in [1.54, 1.807) is 6.20 Å². The van der Waals surface area contributed by atoms with Crippen molar-refractivity contribution in [2.75, 3.05) is 6.54 Å². The first kappa shape index (κ1) is 22.9. The Morgan fingerprint density at radius 3 is 2.45 bits per heavy atom. The summed E-state index contributed by atoms with van der Waals surface area (Å²) in [7, 11) is 0. The van der Waals surface area contributed by atoms with Crippen molar-refractivity contribution < 1.29 is 0 Å². The second-order valence-corrected chi connectivity index (χ2v) is 7.03. The molecule has 0 bridgehead atoms. The van der Waals surface area contributed by atoms with Crippen LogP contribution in [0.1, 0.15) is 34.7 Å². The van der Waals surface area contributed by atoms with Crippen molar-refractivity contribution >= 4 is 29.9 Å². The lowest BCUT2D eigenvalue weighted by Gasteiger charge is -2.13. The zero-order chi connectivity index (χ0) is 19.8. The van der Waals surface area contributed by atoms with Crippen LogP contribution in [-0.2, 0) is 19.6 Å². The van der Waals surface area contributed by atoms with Crippen LogP contribution in [-0.4, -0.2) is 22.1 Å². The second kappa shape index (κ2) is 11.6. The van der Waals surface area contributed by atoms with Crippen molar-refractivity contribution in [2.45, 2.75) is 40.4 Å². The summed E-state index contributed by atoms with van der Waals surface area (Å²) in [5, 5.41) is 6.76. The standard InChI is InChI=1S/C23H29N5.HI/c1-4-25-23(27-15-22-10-5-18(2)13-19(22)3)26-14-20-6-8-21(9-7-20)16-28-12-11-24-17-28;/h5-13,17H,4,14-16H2,1-3H3,(H2,25,26,27);1H. The monoisotopic (exact) mass is 503 g/mol. The number of nitrogens with one attached hydrogen (secondary N) is 2. The normalized spacial score (nSPS) is 11.1. The molecule has 1 heterocycles. The van der Waals surface area contributed by atoms with Crippen LogP contribution in [0.3, 0.4) is 0 Å². The van der Waals surface area contributed by atoms with Crippen molar-refractivity contribution in [2.24, 2.45) is 4.99 Å². The number of aromatic nitrogens is 2. The minimum atomic E-state index is 0. The van der Waals surface area contributed by atoms with Crippen LogP contribution in [0.15, 0.2) is 66.2 Å². The van der Waals surface area contributed by atoms with Crippen LogP contribution >= 0.6 is 24.0 Å². The van der Waals surface area contributed by atoms with Gasteiger partial charge in [0.05, 0.1) is 12.9 Å². The maximum atomic E-state index is 4.73. The number of rotatable bonds is 7. The Balaban J connectivity index is 0.00000300. The van der Waals surface area contributed by atoms with Crippen molar-refractivity contribution in [3.8, 4) is 0 Å². The number of aryl methyl sites for hydroxylation is 2. The molecule has 5 nitrogen and oxygen atoms in total. The fourth-order valence-electron chi connectivity index (χ4n) is 3.08. The molecule has 0 atom stereocenters. The maximum absolute atomic E-state index is 4.73. The Labute approximate surface area is 190 Å². The average molecular weight is 503 g/mol. The van der Waals surface area contributed by atoms with E-state index in [2.05, 4.69) is 83.4 Å². The predicted molar refractivity (Wildman–Crippen MR) is 131 cm³/mol. The molecule has 0 saturated heterocycles. The van der Waals surface area contributed by atoms with Crippen molar-refractivity contribution in [3.05, 3.63) is 89.0 Å². The number of imidazole rings is 1. The molecule has 0 aliphatic rings. The minimum absolute atomic E-state index is 0. The van der Waals surface area contributed by atoms with Gasteiger partial charge in [-0.05, 0) is 43.0 Å². The Morgan fingerprint density at radius 2 is 1.79 bits per heavy atom. The SMILES string of the molecule is CCNC(=NCc1ccc(Cn2ccnc2)cc1)NCc1ccc(C)cc1C.I. The van der Waals surface area contributed by atoms with E-state index in [0.29, 0.717) is 6.54 Å².